The van der Waals surface area contributed by atoms with Crippen molar-refractivity contribution in [3.8, 4) is 0 Å². The molecule has 1 heteroatoms. The van der Waals surface area contributed by atoms with Crippen LogP contribution in [0.5, 0.6) is 0 Å². The standard InChI is InChI=1S/C11H22O/c1-6-11-9(4)7(2)8(3)10(5)12-11/h7-11H,6H2,1-5H3/t7?,8-,9-,10-,11?/m0/s1. The normalized spacial score (nSPS) is 49.2. The number of hydrogen-bond acceptors (Lipinski definition) is 1. The lowest BCUT2D eigenvalue weighted by Gasteiger charge is -2.42. The molecule has 12 heavy (non-hydrogen) atoms. The highest BCUT2D eigenvalue weighted by atomic mass is 16.5. The van der Waals surface area contributed by atoms with Gasteiger partial charge in [-0.25, -0.2) is 0 Å². The van der Waals surface area contributed by atoms with E-state index in [1.807, 2.05) is 0 Å². The minimum atomic E-state index is 0.446. The predicted octanol–water partition coefficient (Wildman–Crippen LogP) is 3.09. The van der Waals surface area contributed by atoms with Crippen molar-refractivity contribution >= 4 is 0 Å². The van der Waals surface area contributed by atoms with Crippen molar-refractivity contribution in [1.29, 1.82) is 0 Å². The maximum absolute atomic E-state index is 5.93. The molecule has 0 N–H and O–H groups in total. The van der Waals surface area contributed by atoms with Crippen LogP contribution in [0, 0.1) is 17.8 Å². The van der Waals surface area contributed by atoms with Gasteiger partial charge in [-0.15, -0.1) is 0 Å². The molecule has 0 aromatic carbocycles. The Morgan fingerprint density at radius 2 is 1.50 bits per heavy atom. The first-order chi connectivity index (χ1) is 5.57. The molecule has 1 aliphatic rings. The SMILES string of the molecule is CCC1O[C@@H](C)[C@@H](C)C(C)[C@@H]1C. The molecule has 1 aliphatic heterocycles. The van der Waals surface area contributed by atoms with E-state index >= 15 is 0 Å². The molecule has 1 fully saturated rings. The molecule has 0 radical (unpaired) electrons. The van der Waals surface area contributed by atoms with Crippen molar-refractivity contribution in [2.75, 3.05) is 0 Å². The summed E-state index contributed by atoms with van der Waals surface area (Å²) >= 11 is 0. The third-order valence-corrected chi connectivity index (χ3v) is 3.78. The predicted molar refractivity (Wildman–Crippen MR) is 52.1 cm³/mol. The van der Waals surface area contributed by atoms with Gasteiger partial charge in [-0.3, -0.25) is 0 Å². The minimum absolute atomic E-state index is 0.446. The van der Waals surface area contributed by atoms with Crippen LogP contribution in [0.2, 0.25) is 0 Å². The Morgan fingerprint density at radius 1 is 0.917 bits per heavy atom. The summed E-state index contributed by atoms with van der Waals surface area (Å²) in [6.45, 7) is 11.4. The van der Waals surface area contributed by atoms with Crippen LogP contribution in [0.25, 0.3) is 0 Å². The lowest BCUT2D eigenvalue weighted by Crippen LogP contribution is -2.42. The molecular weight excluding hydrogens is 148 g/mol. The van der Waals surface area contributed by atoms with E-state index < -0.39 is 0 Å². The van der Waals surface area contributed by atoms with Gasteiger partial charge in [0.15, 0.2) is 0 Å². The molecule has 0 amide bonds. The molecule has 72 valence electrons. The lowest BCUT2D eigenvalue weighted by atomic mass is 9.76. The van der Waals surface area contributed by atoms with E-state index in [1.54, 1.807) is 0 Å². The van der Waals surface area contributed by atoms with Gasteiger partial charge in [-0.2, -0.15) is 0 Å². The Balaban J connectivity index is 2.63. The van der Waals surface area contributed by atoms with Gasteiger partial charge < -0.3 is 4.74 Å². The van der Waals surface area contributed by atoms with Crippen LogP contribution in [0.3, 0.4) is 0 Å². The van der Waals surface area contributed by atoms with Gasteiger partial charge in [0.05, 0.1) is 12.2 Å². The Bertz CT molecular complexity index is 139. The second kappa shape index (κ2) is 3.78. The van der Waals surface area contributed by atoms with Crippen LogP contribution in [0.4, 0.5) is 0 Å². The highest BCUT2D eigenvalue weighted by molar-refractivity contribution is 4.83. The van der Waals surface area contributed by atoms with Crippen molar-refractivity contribution in [1.82, 2.24) is 0 Å². The van der Waals surface area contributed by atoms with Gasteiger partial charge >= 0.3 is 0 Å². The summed E-state index contributed by atoms with van der Waals surface area (Å²) in [5, 5.41) is 0. The van der Waals surface area contributed by atoms with Gasteiger partial charge in [0.1, 0.15) is 0 Å². The first-order valence-corrected chi connectivity index (χ1v) is 5.23. The molecule has 5 atom stereocenters. The molecule has 1 rings (SSSR count). The molecule has 1 heterocycles. The van der Waals surface area contributed by atoms with Gasteiger partial charge in [0.2, 0.25) is 0 Å². The van der Waals surface area contributed by atoms with Crippen LogP contribution in [-0.4, -0.2) is 12.2 Å². The quantitative estimate of drug-likeness (QED) is 0.587. The first kappa shape index (κ1) is 10.0. The average Bonchev–Trinajstić information content (AvgIpc) is 2.08. The van der Waals surface area contributed by atoms with Crippen LogP contribution in [-0.2, 0) is 4.74 Å². The lowest BCUT2D eigenvalue weighted by molar-refractivity contribution is -0.125. The fraction of sp³-hybridized carbons (Fsp3) is 1.00. The molecule has 0 aliphatic carbocycles. The van der Waals surface area contributed by atoms with Crippen LogP contribution >= 0.6 is 0 Å². The molecule has 2 unspecified atom stereocenters. The van der Waals surface area contributed by atoms with Gasteiger partial charge in [-0.05, 0) is 31.1 Å². The van der Waals surface area contributed by atoms with E-state index in [2.05, 4.69) is 34.6 Å². The van der Waals surface area contributed by atoms with Crippen molar-refractivity contribution in [2.24, 2.45) is 17.8 Å². The molecule has 0 saturated carbocycles. The molecule has 0 spiro atoms. The number of hydrogen-bond donors (Lipinski definition) is 0. The van der Waals surface area contributed by atoms with Crippen LogP contribution < -0.4 is 0 Å². The van der Waals surface area contributed by atoms with Crippen LogP contribution in [0.15, 0.2) is 0 Å². The maximum Gasteiger partial charge on any atom is 0.0604 e. The van der Waals surface area contributed by atoms with Crippen molar-refractivity contribution in [3.63, 3.8) is 0 Å². The van der Waals surface area contributed by atoms with Crippen molar-refractivity contribution in [3.05, 3.63) is 0 Å². The van der Waals surface area contributed by atoms with Crippen molar-refractivity contribution in [2.45, 2.75) is 53.2 Å². The number of rotatable bonds is 1. The Hall–Kier alpha value is -0.0400. The highest BCUT2D eigenvalue weighted by Crippen LogP contribution is 2.35. The summed E-state index contributed by atoms with van der Waals surface area (Å²) in [6, 6.07) is 0. The van der Waals surface area contributed by atoms with E-state index in [1.165, 1.54) is 0 Å². The second-order valence-electron chi connectivity index (χ2n) is 4.37. The largest absolute Gasteiger partial charge is 0.375 e. The zero-order valence-electron chi connectivity index (χ0n) is 9.00. The van der Waals surface area contributed by atoms with Gasteiger partial charge in [0, 0.05) is 0 Å². The Labute approximate surface area is 76.5 Å². The zero-order chi connectivity index (χ0) is 9.30. The van der Waals surface area contributed by atoms with E-state index in [0.717, 1.165) is 18.3 Å². The van der Waals surface area contributed by atoms with E-state index in [0.29, 0.717) is 18.1 Å². The summed E-state index contributed by atoms with van der Waals surface area (Å²) in [4.78, 5) is 0. The minimum Gasteiger partial charge on any atom is -0.375 e. The highest BCUT2D eigenvalue weighted by Gasteiger charge is 2.35. The molecule has 1 nitrogen and oxygen atoms in total. The summed E-state index contributed by atoms with van der Waals surface area (Å²) in [5.41, 5.74) is 0. The second-order valence-corrected chi connectivity index (χ2v) is 4.37. The molecule has 0 aromatic rings. The van der Waals surface area contributed by atoms with E-state index in [9.17, 15) is 0 Å². The van der Waals surface area contributed by atoms with Crippen LogP contribution in [0.1, 0.15) is 41.0 Å². The topological polar surface area (TPSA) is 9.23 Å². The smallest absolute Gasteiger partial charge is 0.0604 e. The summed E-state index contributed by atoms with van der Waals surface area (Å²) in [7, 11) is 0. The van der Waals surface area contributed by atoms with Gasteiger partial charge in [0.25, 0.3) is 0 Å². The third-order valence-electron chi connectivity index (χ3n) is 3.78. The van der Waals surface area contributed by atoms with Crippen molar-refractivity contribution < 1.29 is 4.74 Å². The molecule has 1 saturated heterocycles. The summed E-state index contributed by atoms with van der Waals surface area (Å²) < 4.78 is 5.93. The molecular formula is C11H22O. The third kappa shape index (κ3) is 1.66. The monoisotopic (exact) mass is 170 g/mol. The van der Waals surface area contributed by atoms with E-state index in [4.69, 9.17) is 4.74 Å². The summed E-state index contributed by atoms with van der Waals surface area (Å²) in [5.74, 6) is 2.24. The first-order valence-electron chi connectivity index (χ1n) is 5.23. The molecule has 0 bridgehead atoms. The fourth-order valence-electron chi connectivity index (χ4n) is 2.24. The fourth-order valence-corrected chi connectivity index (χ4v) is 2.24. The Morgan fingerprint density at radius 3 is 2.00 bits per heavy atom. The van der Waals surface area contributed by atoms with Gasteiger partial charge in [-0.1, -0.05) is 27.7 Å². The molecule has 0 aromatic heterocycles. The Kier molecular flexibility index (Phi) is 3.16. The maximum atomic E-state index is 5.93. The van der Waals surface area contributed by atoms with E-state index in [-0.39, 0.29) is 0 Å². The zero-order valence-corrected chi connectivity index (χ0v) is 9.00. The summed E-state index contributed by atoms with van der Waals surface area (Å²) in [6.07, 6.45) is 2.09. The number of ether oxygens (including phenoxy) is 1. The average molecular weight is 170 g/mol.